The molecule has 172 valence electrons. The maximum absolute atomic E-state index is 13.5. The van der Waals surface area contributed by atoms with Crippen molar-refractivity contribution in [2.24, 2.45) is 0 Å². The van der Waals surface area contributed by atoms with Gasteiger partial charge in [0.25, 0.3) is 5.70 Å². The Morgan fingerprint density at radius 1 is 0.694 bits per heavy atom. The Morgan fingerprint density at radius 2 is 1.14 bits per heavy atom. The fourth-order valence-electron chi connectivity index (χ4n) is 4.54. The molecule has 5 rings (SSSR count). The molecule has 5 heteroatoms. The zero-order valence-electron chi connectivity index (χ0n) is 19.2. The lowest BCUT2D eigenvalue weighted by atomic mass is 9.78. The molecular weight excluding hydrogens is 448 g/mol. The van der Waals surface area contributed by atoms with E-state index in [-0.39, 0.29) is 30.3 Å². The lowest BCUT2D eigenvalue weighted by molar-refractivity contribution is 0.105. The molecule has 0 amide bonds. The number of hydrogen-bond donors (Lipinski definition) is 2. The minimum Gasteiger partial charge on any atom is -0.392 e. The smallest absolute Gasteiger partial charge is 0.273 e. The molecule has 36 heavy (non-hydrogen) atoms. The highest BCUT2D eigenvalue weighted by atomic mass is 16.3. The summed E-state index contributed by atoms with van der Waals surface area (Å²) in [4.78, 5) is 16.8. The lowest BCUT2D eigenvalue weighted by Crippen LogP contribution is -2.13. The Morgan fingerprint density at radius 3 is 1.58 bits per heavy atom. The quantitative estimate of drug-likeness (QED) is 0.218. The second-order valence-electron chi connectivity index (χ2n) is 8.51. The molecule has 0 saturated heterocycles. The topological polar surface area (TPSA) is 85.7 Å². The van der Waals surface area contributed by atoms with Crippen LogP contribution in [0.5, 0.6) is 0 Å². The standard InChI is InChI=1S/C31H20N2O3/c1-33-29(16-32)30-25-12-10-23(21-6-2-19(17-34)3-7-21)14-27(25)28-15-24(11-13-26(28)31(30)36)22-8-4-20(18-35)5-9-22/h2-15,34-35H,17-18H2/b30-29-. The summed E-state index contributed by atoms with van der Waals surface area (Å²) < 4.78 is 0. The first-order valence-corrected chi connectivity index (χ1v) is 11.3. The number of carbonyl (C=O) groups is 1. The SMILES string of the molecule is [C-]#[N+]/C(C#N)=C1\C(=O)c2ccc(-c3ccc(CO)cc3)cc2-c2cc(-c3ccc(CO)cc3)ccc21. The van der Waals surface area contributed by atoms with Gasteiger partial charge in [0.05, 0.1) is 25.9 Å². The number of nitriles is 1. The van der Waals surface area contributed by atoms with E-state index in [4.69, 9.17) is 6.57 Å². The first-order valence-electron chi connectivity index (χ1n) is 11.3. The Kier molecular flexibility index (Phi) is 6.02. The van der Waals surface area contributed by atoms with Crippen molar-refractivity contribution in [3.8, 4) is 39.4 Å². The predicted octanol–water partition coefficient (Wildman–Crippen LogP) is 6.02. The number of hydrogen-bond acceptors (Lipinski definition) is 4. The van der Waals surface area contributed by atoms with Gasteiger partial charge in [-0.3, -0.25) is 4.79 Å². The summed E-state index contributed by atoms with van der Waals surface area (Å²) in [5, 5.41) is 28.3. The summed E-state index contributed by atoms with van der Waals surface area (Å²) in [5.41, 5.74) is 7.74. The van der Waals surface area contributed by atoms with Crippen molar-refractivity contribution in [2.45, 2.75) is 13.2 Å². The number of fused-ring (bicyclic) bond motifs is 3. The van der Waals surface area contributed by atoms with Crippen molar-refractivity contribution in [1.82, 2.24) is 0 Å². The second kappa shape index (κ2) is 9.44. The minimum absolute atomic E-state index is 0.0359. The number of benzene rings is 4. The van der Waals surface area contributed by atoms with Crippen LogP contribution in [0.4, 0.5) is 0 Å². The Balaban J connectivity index is 1.73. The van der Waals surface area contributed by atoms with Crippen LogP contribution in [-0.2, 0) is 13.2 Å². The molecule has 4 aromatic carbocycles. The average Bonchev–Trinajstić information content (AvgIpc) is 2.95. The molecule has 0 spiro atoms. The van der Waals surface area contributed by atoms with Crippen molar-refractivity contribution in [3.63, 3.8) is 0 Å². The van der Waals surface area contributed by atoms with E-state index in [9.17, 15) is 20.3 Å². The molecule has 0 bridgehead atoms. The van der Waals surface area contributed by atoms with Gasteiger partial charge in [0.2, 0.25) is 0 Å². The lowest BCUT2D eigenvalue weighted by Gasteiger charge is -2.23. The molecule has 0 saturated carbocycles. The monoisotopic (exact) mass is 468 g/mol. The van der Waals surface area contributed by atoms with Crippen LogP contribution in [0, 0.1) is 17.9 Å². The maximum atomic E-state index is 13.5. The van der Waals surface area contributed by atoms with Crippen molar-refractivity contribution in [1.29, 1.82) is 5.26 Å². The summed E-state index contributed by atoms with van der Waals surface area (Å²) >= 11 is 0. The van der Waals surface area contributed by atoms with Gasteiger partial charge in [0.15, 0.2) is 5.78 Å². The summed E-state index contributed by atoms with van der Waals surface area (Å²) in [6.07, 6.45) is 0. The third-order valence-corrected chi connectivity index (χ3v) is 6.46. The van der Waals surface area contributed by atoms with Gasteiger partial charge in [0, 0.05) is 11.1 Å². The minimum atomic E-state index is -0.340. The molecule has 1 aliphatic rings. The number of ketones is 1. The van der Waals surface area contributed by atoms with Gasteiger partial charge in [-0.15, -0.1) is 0 Å². The van der Waals surface area contributed by atoms with E-state index in [2.05, 4.69) is 4.85 Å². The molecular formula is C31H20N2O3. The fraction of sp³-hybridized carbons (Fsp3) is 0.0645. The van der Waals surface area contributed by atoms with E-state index >= 15 is 0 Å². The first kappa shape index (κ1) is 23.0. The number of rotatable bonds is 4. The zero-order valence-corrected chi connectivity index (χ0v) is 19.2. The Labute approximate surface area is 208 Å². The molecule has 0 atom stereocenters. The van der Waals surface area contributed by atoms with Gasteiger partial charge in [-0.1, -0.05) is 66.7 Å². The summed E-state index contributed by atoms with van der Waals surface area (Å²) in [7, 11) is 0. The van der Waals surface area contributed by atoms with Gasteiger partial charge in [-0.05, 0) is 68.3 Å². The van der Waals surface area contributed by atoms with E-state index in [1.54, 1.807) is 12.1 Å². The number of Topliss-reactive ketones (excluding diaryl/α,β-unsaturated/α-hetero) is 1. The molecule has 0 unspecified atom stereocenters. The molecule has 0 radical (unpaired) electrons. The summed E-state index contributed by atoms with van der Waals surface area (Å²) in [5.74, 6) is -0.340. The number of aliphatic hydroxyl groups is 2. The highest BCUT2D eigenvalue weighted by Crippen LogP contribution is 2.44. The van der Waals surface area contributed by atoms with Crippen LogP contribution in [0.15, 0.2) is 90.6 Å². The molecule has 0 heterocycles. The van der Waals surface area contributed by atoms with Gasteiger partial charge in [-0.2, -0.15) is 0 Å². The normalized spacial score (nSPS) is 13.3. The van der Waals surface area contributed by atoms with E-state index in [0.717, 1.165) is 44.5 Å². The predicted molar refractivity (Wildman–Crippen MR) is 138 cm³/mol. The summed E-state index contributed by atoms with van der Waals surface area (Å²) in [6.45, 7) is 7.39. The van der Waals surface area contributed by atoms with Crippen LogP contribution in [0.2, 0.25) is 0 Å². The second-order valence-corrected chi connectivity index (χ2v) is 8.51. The zero-order chi connectivity index (χ0) is 25.2. The van der Waals surface area contributed by atoms with Gasteiger partial charge in [-0.25, -0.2) is 10.1 Å². The molecule has 2 N–H and O–H groups in total. The van der Waals surface area contributed by atoms with Crippen LogP contribution in [-0.4, -0.2) is 16.0 Å². The van der Waals surface area contributed by atoms with Crippen molar-refractivity contribution in [2.75, 3.05) is 0 Å². The van der Waals surface area contributed by atoms with Gasteiger partial charge < -0.3 is 10.2 Å². The van der Waals surface area contributed by atoms with E-state index in [1.165, 1.54) is 0 Å². The van der Waals surface area contributed by atoms with Crippen molar-refractivity contribution < 1.29 is 15.0 Å². The number of aliphatic hydroxyl groups excluding tert-OH is 2. The largest absolute Gasteiger partial charge is 0.392 e. The van der Waals surface area contributed by atoms with Gasteiger partial charge in [0.1, 0.15) is 0 Å². The first-order chi connectivity index (χ1) is 17.6. The number of nitrogens with zero attached hydrogens (tertiary/aromatic N) is 2. The van der Waals surface area contributed by atoms with Crippen LogP contribution < -0.4 is 0 Å². The molecule has 1 aliphatic carbocycles. The highest BCUT2D eigenvalue weighted by molar-refractivity contribution is 6.35. The molecule has 4 aromatic rings. The molecule has 5 nitrogen and oxygen atoms in total. The maximum Gasteiger partial charge on any atom is 0.273 e. The van der Waals surface area contributed by atoms with E-state index < -0.39 is 0 Å². The number of carbonyl (C=O) groups excluding carboxylic acids is 1. The van der Waals surface area contributed by atoms with Crippen LogP contribution in [0.25, 0.3) is 43.8 Å². The molecule has 0 aromatic heterocycles. The molecule has 0 aliphatic heterocycles. The van der Waals surface area contributed by atoms with Gasteiger partial charge >= 0.3 is 0 Å². The van der Waals surface area contributed by atoms with E-state index in [1.807, 2.05) is 78.9 Å². The van der Waals surface area contributed by atoms with Crippen molar-refractivity contribution in [3.05, 3.63) is 124 Å². The van der Waals surface area contributed by atoms with E-state index in [0.29, 0.717) is 11.1 Å². The van der Waals surface area contributed by atoms with Crippen LogP contribution in [0.1, 0.15) is 27.0 Å². The third kappa shape index (κ3) is 3.89. The van der Waals surface area contributed by atoms with Crippen molar-refractivity contribution >= 4 is 11.4 Å². The highest BCUT2D eigenvalue weighted by Gasteiger charge is 2.30. The summed E-state index contributed by atoms with van der Waals surface area (Å²) in [6, 6.07) is 28.3. The van der Waals surface area contributed by atoms with Crippen LogP contribution in [0.3, 0.4) is 0 Å². The van der Waals surface area contributed by atoms with Crippen LogP contribution >= 0.6 is 0 Å². The molecule has 0 fully saturated rings. The Hall–Kier alpha value is -4.81. The fourth-order valence-corrected chi connectivity index (χ4v) is 4.54. The average molecular weight is 469 g/mol. The Bertz CT molecular complexity index is 1600. The number of allylic oxidation sites excluding steroid dienone is 2. The third-order valence-electron chi connectivity index (χ3n) is 6.46.